The van der Waals surface area contributed by atoms with Gasteiger partial charge in [0.15, 0.2) is 0 Å². The van der Waals surface area contributed by atoms with E-state index >= 15 is 0 Å². The highest BCUT2D eigenvalue weighted by Crippen LogP contribution is 2.17. The van der Waals surface area contributed by atoms with Gasteiger partial charge in [-0.3, -0.25) is 0 Å². The fourth-order valence-corrected chi connectivity index (χ4v) is 1.10. The normalized spacial score (nSPS) is 16.9. The summed E-state index contributed by atoms with van der Waals surface area (Å²) in [6.07, 6.45) is 3.80. The van der Waals surface area contributed by atoms with Crippen molar-refractivity contribution in [2.75, 3.05) is 0 Å². The number of nitrogens with two attached hydrogens (primary N) is 1. The monoisotopic (exact) mass is 157 g/mol. The lowest BCUT2D eigenvalue weighted by atomic mass is 9.92. The van der Waals surface area contributed by atoms with Gasteiger partial charge >= 0.3 is 0 Å². The largest absolute Gasteiger partial charge is 0.328 e. The summed E-state index contributed by atoms with van der Waals surface area (Å²) in [5.74, 6) is 1.68. The lowest BCUT2D eigenvalue weighted by molar-refractivity contribution is 0.373. The molecule has 1 nitrogen and oxygen atoms in total. The molecule has 0 radical (unpaired) electrons. The van der Waals surface area contributed by atoms with Gasteiger partial charge in [-0.15, -0.1) is 0 Å². The average Bonchev–Trinajstić information content (AvgIpc) is 1.86. The Morgan fingerprint density at radius 1 is 1.00 bits per heavy atom. The summed E-state index contributed by atoms with van der Waals surface area (Å²) in [7, 11) is 0. The SMILES string of the molecule is CC(N)CCCC(C)C(C)C. The summed E-state index contributed by atoms with van der Waals surface area (Å²) >= 11 is 0. The summed E-state index contributed by atoms with van der Waals surface area (Å²) in [5, 5.41) is 0. The molecule has 0 aromatic rings. The van der Waals surface area contributed by atoms with E-state index in [-0.39, 0.29) is 0 Å². The van der Waals surface area contributed by atoms with Crippen molar-refractivity contribution in [1.29, 1.82) is 0 Å². The average molecular weight is 157 g/mol. The second-order valence-electron chi connectivity index (χ2n) is 4.13. The van der Waals surface area contributed by atoms with Crippen LogP contribution in [0.1, 0.15) is 47.0 Å². The van der Waals surface area contributed by atoms with Gasteiger partial charge in [-0.05, 0) is 25.2 Å². The van der Waals surface area contributed by atoms with Crippen LogP contribution < -0.4 is 5.73 Å². The van der Waals surface area contributed by atoms with Gasteiger partial charge in [0.1, 0.15) is 0 Å². The van der Waals surface area contributed by atoms with Crippen LogP contribution in [-0.2, 0) is 0 Å². The first-order valence-electron chi connectivity index (χ1n) is 4.79. The molecule has 0 spiro atoms. The molecule has 68 valence electrons. The molecule has 2 unspecified atom stereocenters. The van der Waals surface area contributed by atoms with Crippen molar-refractivity contribution in [3.8, 4) is 0 Å². The number of hydrogen-bond acceptors (Lipinski definition) is 1. The van der Waals surface area contributed by atoms with Gasteiger partial charge in [-0.25, -0.2) is 0 Å². The molecule has 0 fully saturated rings. The molecule has 2 atom stereocenters. The van der Waals surface area contributed by atoms with Gasteiger partial charge in [0.25, 0.3) is 0 Å². The third-order valence-corrected chi connectivity index (χ3v) is 2.46. The quantitative estimate of drug-likeness (QED) is 0.652. The summed E-state index contributed by atoms with van der Waals surface area (Å²) in [5.41, 5.74) is 5.65. The summed E-state index contributed by atoms with van der Waals surface area (Å²) in [6.45, 7) is 8.99. The third kappa shape index (κ3) is 6.36. The first-order valence-corrected chi connectivity index (χ1v) is 4.79. The van der Waals surface area contributed by atoms with Gasteiger partial charge in [0.05, 0.1) is 0 Å². The van der Waals surface area contributed by atoms with Crippen molar-refractivity contribution < 1.29 is 0 Å². The van der Waals surface area contributed by atoms with E-state index in [0.29, 0.717) is 6.04 Å². The van der Waals surface area contributed by atoms with E-state index in [1.807, 2.05) is 0 Å². The third-order valence-electron chi connectivity index (χ3n) is 2.46. The van der Waals surface area contributed by atoms with E-state index in [4.69, 9.17) is 5.73 Å². The Hall–Kier alpha value is -0.0400. The van der Waals surface area contributed by atoms with Crippen LogP contribution in [-0.4, -0.2) is 6.04 Å². The Balaban J connectivity index is 3.24. The molecule has 0 aliphatic heterocycles. The maximum absolute atomic E-state index is 5.65. The van der Waals surface area contributed by atoms with E-state index in [9.17, 15) is 0 Å². The Kier molecular flexibility index (Phi) is 5.57. The Bertz CT molecular complexity index is 86.9. The summed E-state index contributed by atoms with van der Waals surface area (Å²) < 4.78 is 0. The predicted octanol–water partition coefficient (Wildman–Crippen LogP) is 2.80. The molecule has 11 heavy (non-hydrogen) atoms. The second-order valence-corrected chi connectivity index (χ2v) is 4.13. The van der Waals surface area contributed by atoms with E-state index in [1.165, 1.54) is 19.3 Å². The van der Waals surface area contributed by atoms with Gasteiger partial charge in [0.2, 0.25) is 0 Å². The molecular weight excluding hydrogens is 134 g/mol. The van der Waals surface area contributed by atoms with Gasteiger partial charge in [-0.2, -0.15) is 0 Å². The van der Waals surface area contributed by atoms with E-state index in [2.05, 4.69) is 27.7 Å². The molecule has 0 saturated carbocycles. The first-order chi connectivity index (χ1) is 5.04. The Morgan fingerprint density at radius 2 is 1.55 bits per heavy atom. The summed E-state index contributed by atoms with van der Waals surface area (Å²) in [4.78, 5) is 0. The minimum atomic E-state index is 0.384. The topological polar surface area (TPSA) is 26.0 Å². The highest BCUT2D eigenvalue weighted by molar-refractivity contribution is 4.60. The van der Waals surface area contributed by atoms with Crippen LogP contribution in [0, 0.1) is 11.8 Å². The van der Waals surface area contributed by atoms with Crippen LogP contribution in [0.5, 0.6) is 0 Å². The van der Waals surface area contributed by atoms with Crippen molar-refractivity contribution in [2.45, 2.75) is 53.0 Å². The minimum Gasteiger partial charge on any atom is -0.328 e. The molecule has 0 aliphatic rings. The molecule has 0 aromatic heterocycles. The maximum Gasteiger partial charge on any atom is 0.00104 e. The fraction of sp³-hybridized carbons (Fsp3) is 1.00. The first kappa shape index (κ1) is 11.0. The standard InChI is InChI=1S/C10H23N/c1-8(2)9(3)6-5-7-10(4)11/h8-10H,5-7,11H2,1-4H3. The summed E-state index contributed by atoms with van der Waals surface area (Å²) in [6, 6.07) is 0.384. The van der Waals surface area contributed by atoms with Crippen molar-refractivity contribution in [2.24, 2.45) is 17.6 Å². The van der Waals surface area contributed by atoms with Crippen molar-refractivity contribution in [3.63, 3.8) is 0 Å². The highest BCUT2D eigenvalue weighted by Gasteiger charge is 2.06. The lowest BCUT2D eigenvalue weighted by Crippen LogP contribution is -2.15. The van der Waals surface area contributed by atoms with Gasteiger partial charge in [-0.1, -0.05) is 33.6 Å². The zero-order chi connectivity index (χ0) is 8.85. The Morgan fingerprint density at radius 3 is 1.91 bits per heavy atom. The zero-order valence-electron chi connectivity index (χ0n) is 8.43. The second kappa shape index (κ2) is 5.59. The van der Waals surface area contributed by atoms with Crippen LogP contribution in [0.2, 0.25) is 0 Å². The Labute approximate surface area is 71.4 Å². The van der Waals surface area contributed by atoms with Crippen LogP contribution in [0.15, 0.2) is 0 Å². The van der Waals surface area contributed by atoms with Crippen molar-refractivity contribution >= 4 is 0 Å². The van der Waals surface area contributed by atoms with E-state index in [1.54, 1.807) is 0 Å². The van der Waals surface area contributed by atoms with Crippen LogP contribution in [0.25, 0.3) is 0 Å². The minimum absolute atomic E-state index is 0.384. The molecule has 1 heteroatoms. The van der Waals surface area contributed by atoms with E-state index in [0.717, 1.165) is 11.8 Å². The molecule has 2 N–H and O–H groups in total. The van der Waals surface area contributed by atoms with Gasteiger partial charge < -0.3 is 5.73 Å². The van der Waals surface area contributed by atoms with Crippen LogP contribution in [0.4, 0.5) is 0 Å². The molecule has 0 heterocycles. The highest BCUT2D eigenvalue weighted by atomic mass is 14.6. The fourth-order valence-electron chi connectivity index (χ4n) is 1.10. The van der Waals surface area contributed by atoms with Gasteiger partial charge in [0, 0.05) is 6.04 Å². The number of rotatable bonds is 5. The molecule has 0 rings (SSSR count). The molecule has 0 bridgehead atoms. The smallest absolute Gasteiger partial charge is 0.00104 e. The van der Waals surface area contributed by atoms with Crippen LogP contribution >= 0.6 is 0 Å². The number of hydrogen-bond donors (Lipinski definition) is 1. The predicted molar refractivity (Wildman–Crippen MR) is 51.5 cm³/mol. The molecule has 0 aliphatic carbocycles. The molecule has 0 aromatic carbocycles. The molecule has 0 saturated heterocycles. The van der Waals surface area contributed by atoms with Crippen LogP contribution in [0.3, 0.4) is 0 Å². The zero-order valence-corrected chi connectivity index (χ0v) is 8.43. The maximum atomic E-state index is 5.65. The molecular formula is C10H23N. The van der Waals surface area contributed by atoms with Crippen molar-refractivity contribution in [1.82, 2.24) is 0 Å². The van der Waals surface area contributed by atoms with E-state index < -0.39 is 0 Å². The molecule has 0 amide bonds. The van der Waals surface area contributed by atoms with Crippen molar-refractivity contribution in [3.05, 3.63) is 0 Å². The lowest BCUT2D eigenvalue weighted by Gasteiger charge is -2.15.